The van der Waals surface area contributed by atoms with Gasteiger partial charge in [-0.15, -0.1) is 0 Å². The average Bonchev–Trinajstić information content (AvgIpc) is 2.66. The van der Waals surface area contributed by atoms with E-state index >= 15 is 0 Å². The van der Waals surface area contributed by atoms with Crippen molar-refractivity contribution in [2.24, 2.45) is 0 Å². The van der Waals surface area contributed by atoms with Gasteiger partial charge >= 0.3 is 0 Å². The van der Waals surface area contributed by atoms with Gasteiger partial charge in [0, 0.05) is 6.42 Å². The Bertz CT molecular complexity index is 445. The van der Waals surface area contributed by atoms with Crippen molar-refractivity contribution in [3.63, 3.8) is 0 Å². The molecule has 0 bridgehead atoms. The Morgan fingerprint density at radius 2 is 2.06 bits per heavy atom. The molecule has 0 aliphatic carbocycles. The van der Waals surface area contributed by atoms with E-state index in [9.17, 15) is 4.79 Å². The maximum absolute atomic E-state index is 12.3. The van der Waals surface area contributed by atoms with Crippen LogP contribution in [0, 0.1) is 0 Å². The highest BCUT2D eigenvalue weighted by molar-refractivity contribution is 5.78. The summed E-state index contributed by atoms with van der Waals surface area (Å²) in [5, 5.41) is 0. The van der Waals surface area contributed by atoms with E-state index in [1.165, 1.54) is 5.56 Å². The van der Waals surface area contributed by atoms with Crippen LogP contribution in [0.25, 0.3) is 0 Å². The summed E-state index contributed by atoms with van der Waals surface area (Å²) in [6.45, 7) is 2.67. The first kappa shape index (κ1) is 11.7. The number of ether oxygens (including phenoxy) is 1. The second-order valence-corrected chi connectivity index (χ2v) is 5.38. The summed E-state index contributed by atoms with van der Waals surface area (Å²) in [6.07, 6.45) is 3.65. The minimum atomic E-state index is -0.395. The molecule has 2 saturated heterocycles. The Hall–Kier alpha value is -1.35. The molecule has 3 rings (SSSR count). The SMILES string of the molecule is C[C@]12CCCCC(=O)N1[C@H](c1ccccc1)CO2. The summed E-state index contributed by atoms with van der Waals surface area (Å²) in [5.74, 6) is 0.237. The molecule has 0 aromatic heterocycles. The highest BCUT2D eigenvalue weighted by Gasteiger charge is 2.47. The molecule has 1 aromatic rings. The highest BCUT2D eigenvalue weighted by Crippen LogP contribution is 2.42. The molecular weight excluding hydrogens is 226 g/mol. The first-order chi connectivity index (χ1) is 8.71. The first-order valence-corrected chi connectivity index (χ1v) is 6.72. The third kappa shape index (κ3) is 1.83. The maximum Gasteiger partial charge on any atom is 0.225 e. The summed E-state index contributed by atoms with van der Waals surface area (Å²) in [6, 6.07) is 10.3. The van der Waals surface area contributed by atoms with E-state index in [1.54, 1.807) is 0 Å². The third-order valence-corrected chi connectivity index (χ3v) is 4.11. The van der Waals surface area contributed by atoms with Gasteiger partial charge in [-0.1, -0.05) is 30.3 Å². The number of fused-ring (bicyclic) bond motifs is 1. The molecule has 0 saturated carbocycles. The lowest BCUT2D eigenvalue weighted by atomic mass is 10.0. The Kier molecular flexibility index (Phi) is 2.86. The van der Waals surface area contributed by atoms with Crippen molar-refractivity contribution in [3.8, 4) is 0 Å². The van der Waals surface area contributed by atoms with Gasteiger partial charge in [0.15, 0.2) is 0 Å². The predicted molar refractivity (Wildman–Crippen MR) is 68.9 cm³/mol. The van der Waals surface area contributed by atoms with Gasteiger partial charge in [-0.05, 0) is 31.7 Å². The molecule has 2 fully saturated rings. The fourth-order valence-corrected chi connectivity index (χ4v) is 3.13. The minimum absolute atomic E-state index is 0.0850. The zero-order valence-corrected chi connectivity index (χ0v) is 10.8. The summed E-state index contributed by atoms with van der Waals surface area (Å²) < 4.78 is 5.97. The number of carbonyl (C=O) groups is 1. The second kappa shape index (κ2) is 4.39. The van der Waals surface area contributed by atoms with Crippen molar-refractivity contribution in [1.29, 1.82) is 0 Å². The molecule has 3 nitrogen and oxygen atoms in total. The standard InChI is InChI=1S/C15H19NO2/c1-15-10-6-5-9-14(17)16(15)13(11-18-15)12-7-3-2-4-8-12/h2-4,7-8,13H,5-6,9-11H2,1H3/t13-,15-/m0/s1. The van der Waals surface area contributed by atoms with E-state index in [2.05, 4.69) is 19.1 Å². The van der Waals surface area contributed by atoms with E-state index in [-0.39, 0.29) is 11.9 Å². The van der Waals surface area contributed by atoms with Crippen LogP contribution in [0.15, 0.2) is 30.3 Å². The van der Waals surface area contributed by atoms with Gasteiger partial charge < -0.3 is 9.64 Å². The highest BCUT2D eigenvalue weighted by atomic mass is 16.5. The van der Waals surface area contributed by atoms with E-state index < -0.39 is 5.72 Å². The van der Waals surface area contributed by atoms with Gasteiger partial charge in [0.25, 0.3) is 0 Å². The Morgan fingerprint density at radius 1 is 1.28 bits per heavy atom. The van der Waals surface area contributed by atoms with Crippen LogP contribution in [0.3, 0.4) is 0 Å². The Labute approximate surface area is 108 Å². The van der Waals surface area contributed by atoms with Crippen molar-refractivity contribution in [2.75, 3.05) is 6.61 Å². The predicted octanol–water partition coefficient (Wildman–Crippen LogP) is 2.88. The van der Waals surface area contributed by atoms with Crippen LogP contribution < -0.4 is 0 Å². The monoisotopic (exact) mass is 245 g/mol. The molecule has 0 spiro atoms. The molecular formula is C15H19NO2. The number of rotatable bonds is 1. The fourth-order valence-electron chi connectivity index (χ4n) is 3.13. The number of carbonyl (C=O) groups excluding carboxylic acids is 1. The lowest BCUT2D eigenvalue weighted by molar-refractivity contribution is -0.147. The van der Waals surface area contributed by atoms with Crippen molar-refractivity contribution in [1.82, 2.24) is 4.90 Å². The largest absolute Gasteiger partial charge is 0.353 e. The van der Waals surface area contributed by atoms with Crippen molar-refractivity contribution in [3.05, 3.63) is 35.9 Å². The molecule has 2 heterocycles. The summed E-state index contributed by atoms with van der Waals surface area (Å²) >= 11 is 0. The number of amides is 1. The fraction of sp³-hybridized carbons (Fsp3) is 0.533. The second-order valence-electron chi connectivity index (χ2n) is 5.38. The minimum Gasteiger partial charge on any atom is -0.353 e. The summed E-state index contributed by atoms with van der Waals surface area (Å²) in [7, 11) is 0. The smallest absolute Gasteiger partial charge is 0.225 e. The van der Waals surface area contributed by atoms with Crippen LogP contribution in [-0.4, -0.2) is 23.1 Å². The number of benzene rings is 1. The van der Waals surface area contributed by atoms with Crippen LogP contribution in [0.5, 0.6) is 0 Å². The average molecular weight is 245 g/mol. The molecule has 0 radical (unpaired) electrons. The lowest BCUT2D eigenvalue weighted by Crippen LogP contribution is -2.45. The zero-order chi connectivity index (χ0) is 12.6. The van der Waals surface area contributed by atoms with E-state index in [4.69, 9.17) is 4.74 Å². The van der Waals surface area contributed by atoms with Crippen LogP contribution in [0.2, 0.25) is 0 Å². The van der Waals surface area contributed by atoms with Crippen molar-refractivity contribution in [2.45, 2.75) is 44.4 Å². The van der Waals surface area contributed by atoms with Gasteiger partial charge in [0.05, 0.1) is 12.6 Å². The Balaban J connectivity index is 1.96. The molecule has 1 aromatic carbocycles. The number of nitrogens with zero attached hydrogens (tertiary/aromatic N) is 1. The van der Waals surface area contributed by atoms with Gasteiger partial charge in [-0.3, -0.25) is 4.79 Å². The molecule has 2 atom stereocenters. The summed E-state index contributed by atoms with van der Waals surface area (Å²) in [4.78, 5) is 14.3. The molecule has 3 heteroatoms. The third-order valence-electron chi connectivity index (χ3n) is 4.11. The number of hydrogen-bond donors (Lipinski definition) is 0. The van der Waals surface area contributed by atoms with Crippen LogP contribution in [0.4, 0.5) is 0 Å². The maximum atomic E-state index is 12.3. The van der Waals surface area contributed by atoms with Gasteiger partial charge in [-0.2, -0.15) is 0 Å². The van der Waals surface area contributed by atoms with Gasteiger partial charge in [0.1, 0.15) is 5.72 Å². The van der Waals surface area contributed by atoms with Gasteiger partial charge in [0.2, 0.25) is 5.91 Å². The van der Waals surface area contributed by atoms with Crippen LogP contribution >= 0.6 is 0 Å². The quantitative estimate of drug-likeness (QED) is 0.761. The Morgan fingerprint density at radius 3 is 2.83 bits per heavy atom. The molecule has 2 aliphatic rings. The molecule has 18 heavy (non-hydrogen) atoms. The number of hydrogen-bond acceptors (Lipinski definition) is 2. The lowest BCUT2D eigenvalue weighted by Gasteiger charge is -2.35. The zero-order valence-electron chi connectivity index (χ0n) is 10.8. The summed E-state index contributed by atoms with van der Waals surface area (Å²) in [5.41, 5.74) is 0.783. The molecule has 1 amide bonds. The topological polar surface area (TPSA) is 29.5 Å². The van der Waals surface area contributed by atoms with Crippen LogP contribution in [-0.2, 0) is 9.53 Å². The van der Waals surface area contributed by atoms with E-state index in [0.717, 1.165) is 19.3 Å². The van der Waals surface area contributed by atoms with E-state index in [1.807, 2.05) is 23.1 Å². The molecule has 96 valence electrons. The van der Waals surface area contributed by atoms with Gasteiger partial charge in [-0.25, -0.2) is 0 Å². The first-order valence-electron chi connectivity index (χ1n) is 6.72. The van der Waals surface area contributed by atoms with Crippen molar-refractivity contribution >= 4 is 5.91 Å². The van der Waals surface area contributed by atoms with Crippen LogP contribution in [0.1, 0.15) is 44.2 Å². The van der Waals surface area contributed by atoms with Crippen molar-refractivity contribution < 1.29 is 9.53 Å². The molecule has 2 aliphatic heterocycles. The normalized spacial score (nSPS) is 32.2. The molecule has 0 unspecified atom stereocenters. The van der Waals surface area contributed by atoms with E-state index in [0.29, 0.717) is 13.0 Å². The molecule has 0 N–H and O–H groups in total.